The van der Waals surface area contributed by atoms with E-state index in [-0.39, 0.29) is 19.1 Å². The first kappa shape index (κ1) is 14.4. The van der Waals surface area contributed by atoms with Gasteiger partial charge in [-0.3, -0.25) is 9.48 Å². The highest BCUT2D eigenvalue weighted by molar-refractivity contribution is 5.92. The Morgan fingerprint density at radius 2 is 2.14 bits per heavy atom. The number of rotatable bonds is 4. The Hall–Kier alpha value is -2.50. The molecule has 116 valence electrons. The van der Waals surface area contributed by atoms with Gasteiger partial charge in [-0.15, -0.1) is 0 Å². The van der Waals surface area contributed by atoms with Crippen LogP contribution < -0.4 is 14.8 Å². The molecule has 2 heterocycles. The fourth-order valence-electron chi connectivity index (χ4n) is 2.61. The van der Waals surface area contributed by atoms with Crippen LogP contribution in [0.4, 0.5) is 5.82 Å². The molecule has 0 aliphatic carbocycles. The van der Waals surface area contributed by atoms with E-state index in [0.29, 0.717) is 5.75 Å². The van der Waals surface area contributed by atoms with Gasteiger partial charge in [-0.25, -0.2) is 0 Å². The summed E-state index contributed by atoms with van der Waals surface area (Å²) in [6.45, 7) is 4.26. The predicted molar refractivity (Wildman–Crippen MR) is 82.2 cm³/mol. The first-order chi connectivity index (χ1) is 10.6. The largest absolute Gasteiger partial charge is 0.454 e. The summed E-state index contributed by atoms with van der Waals surface area (Å²) in [7, 11) is 1.84. The molecule has 0 atom stereocenters. The molecule has 0 saturated carbocycles. The molecule has 0 radical (unpaired) electrons. The number of hydrogen-bond donors (Lipinski definition) is 1. The van der Waals surface area contributed by atoms with Gasteiger partial charge < -0.3 is 14.8 Å². The minimum absolute atomic E-state index is 0.0763. The normalized spacial score (nSPS) is 12.5. The molecule has 0 fully saturated rings. The molecule has 1 aliphatic heterocycles. The van der Waals surface area contributed by atoms with Crippen LogP contribution in [0.15, 0.2) is 18.2 Å². The van der Waals surface area contributed by atoms with E-state index in [2.05, 4.69) is 10.4 Å². The number of carbonyl (C=O) groups excluding carboxylic acids is 1. The summed E-state index contributed by atoms with van der Waals surface area (Å²) < 4.78 is 12.3. The summed E-state index contributed by atoms with van der Waals surface area (Å²) in [5.41, 5.74) is 2.90. The van der Waals surface area contributed by atoms with Gasteiger partial charge in [0, 0.05) is 12.6 Å². The van der Waals surface area contributed by atoms with Crippen molar-refractivity contribution in [1.29, 1.82) is 0 Å². The Morgan fingerprint density at radius 3 is 2.86 bits per heavy atom. The van der Waals surface area contributed by atoms with Crippen LogP contribution in [0.25, 0.3) is 0 Å². The Morgan fingerprint density at radius 1 is 1.36 bits per heavy atom. The molecule has 0 bridgehead atoms. The van der Waals surface area contributed by atoms with Crippen molar-refractivity contribution in [3.8, 4) is 11.5 Å². The molecule has 0 unspecified atom stereocenters. The molecule has 3 rings (SSSR count). The van der Waals surface area contributed by atoms with E-state index < -0.39 is 0 Å². The van der Waals surface area contributed by atoms with E-state index in [1.165, 1.54) is 0 Å². The number of carbonyl (C=O) groups is 1. The number of amides is 1. The zero-order valence-corrected chi connectivity index (χ0v) is 13.0. The second-order valence-corrected chi connectivity index (χ2v) is 5.31. The number of nitrogens with one attached hydrogen (secondary N) is 1. The highest BCUT2D eigenvalue weighted by Gasteiger charge is 2.16. The summed E-state index contributed by atoms with van der Waals surface area (Å²) in [6, 6.07) is 5.55. The molecule has 6 nitrogen and oxygen atoms in total. The highest BCUT2D eigenvalue weighted by atomic mass is 16.7. The maximum absolute atomic E-state index is 12.3. The fraction of sp³-hybridized carbons (Fsp3) is 0.375. The quantitative estimate of drug-likeness (QED) is 0.940. The third kappa shape index (κ3) is 2.64. The number of aryl methyl sites for hydroxylation is 2. The van der Waals surface area contributed by atoms with Gasteiger partial charge in [0.25, 0.3) is 0 Å². The lowest BCUT2D eigenvalue weighted by Gasteiger charge is -2.07. The van der Waals surface area contributed by atoms with Gasteiger partial charge in [-0.05, 0) is 31.0 Å². The van der Waals surface area contributed by atoms with E-state index in [4.69, 9.17) is 9.47 Å². The lowest BCUT2D eigenvalue weighted by molar-refractivity contribution is -0.115. The first-order valence-corrected chi connectivity index (χ1v) is 7.29. The van der Waals surface area contributed by atoms with E-state index in [1.54, 1.807) is 4.68 Å². The van der Waals surface area contributed by atoms with Crippen molar-refractivity contribution in [2.24, 2.45) is 7.05 Å². The molecule has 1 N–H and O–H groups in total. The second kappa shape index (κ2) is 5.71. The van der Waals surface area contributed by atoms with Crippen molar-refractivity contribution in [3.05, 3.63) is 35.0 Å². The molecule has 1 amide bonds. The van der Waals surface area contributed by atoms with Gasteiger partial charge in [0.2, 0.25) is 12.7 Å². The van der Waals surface area contributed by atoms with Gasteiger partial charge in [-0.1, -0.05) is 13.0 Å². The average molecular weight is 301 g/mol. The number of ether oxygens (including phenoxy) is 2. The highest BCUT2D eigenvalue weighted by Crippen LogP contribution is 2.32. The third-order valence-electron chi connectivity index (χ3n) is 3.78. The molecule has 1 aliphatic rings. The second-order valence-electron chi connectivity index (χ2n) is 5.31. The molecule has 1 aromatic carbocycles. The van der Waals surface area contributed by atoms with Crippen LogP contribution in [0, 0.1) is 6.92 Å². The van der Waals surface area contributed by atoms with Crippen LogP contribution in [0.1, 0.15) is 23.7 Å². The zero-order chi connectivity index (χ0) is 15.7. The molecule has 1 aromatic heterocycles. The number of nitrogens with zero attached hydrogens (tertiary/aromatic N) is 2. The average Bonchev–Trinajstić information content (AvgIpc) is 3.06. The van der Waals surface area contributed by atoms with Gasteiger partial charge in [0.15, 0.2) is 11.5 Å². The molecule has 6 heteroatoms. The van der Waals surface area contributed by atoms with Gasteiger partial charge >= 0.3 is 0 Å². The smallest absolute Gasteiger partial charge is 0.231 e. The minimum atomic E-state index is -0.0763. The Labute approximate surface area is 129 Å². The minimum Gasteiger partial charge on any atom is -0.454 e. The van der Waals surface area contributed by atoms with E-state index in [0.717, 1.165) is 34.8 Å². The number of hydrogen-bond acceptors (Lipinski definition) is 4. The standard InChI is InChI=1S/C16H19N3O3/c1-4-12-10(2)16(19(3)18-12)17-15(20)8-11-5-6-13-14(7-11)22-9-21-13/h5-7H,4,8-9H2,1-3H3,(H,17,20). The van der Waals surface area contributed by atoms with Crippen LogP contribution in [-0.2, 0) is 24.7 Å². The summed E-state index contributed by atoms with van der Waals surface area (Å²) in [5.74, 6) is 2.09. The fourth-order valence-corrected chi connectivity index (χ4v) is 2.61. The zero-order valence-electron chi connectivity index (χ0n) is 13.0. The summed E-state index contributed by atoms with van der Waals surface area (Å²) >= 11 is 0. The summed E-state index contributed by atoms with van der Waals surface area (Å²) in [5, 5.41) is 7.34. The SMILES string of the molecule is CCc1nn(C)c(NC(=O)Cc2ccc3c(c2)OCO3)c1C. The number of anilines is 1. The Bertz CT molecular complexity index is 722. The van der Waals surface area contributed by atoms with Crippen LogP contribution in [0.5, 0.6) is 11.5 Å². The molecule has 0 saturated heterocycles. The van der Waals surface area contributed by atoms with Crippen molar-refractivity contribution in [2.45, 2.75) is 26.7 Å². The first-order valence-electron chi connectivity index (χ1n) is 7.29. The van der Waals surface area contributed by atoms with Crippen molar-refractivity contribution in [1.82, 2.24) is 9.78 Å². The molecular formula is C16H19N3O3. The molecule has 0 spiro atoms. The maximum Gasteiger partial charge on any atom is 0.231 e. The van der Waals surface area contributed by atoms with Crippen molar-refractivity contribution in [3.63, 3.8) is 0 Å². The molecule has 22 heavy (non-hydrogen) atoms. The van der Waals surface area contributed by atoms with E-state index in [1.807, 2.05) is 39.1 Å². The van der Waals surface area contributed by atoms with Gasteiger partial charge in [0.05, 0.1) is 12.1 Å². The molecular weight excluding hydrogens is 282 g/mol. The van der Waals surface area contributed by atoms with E-state index in [9.17, 15) is 4.79 Å². The van der Waals surface area contributed by atoms with Gasteiger partial charge in [-0.2, -0.15) is 5.10 Å². The number of benzene rings is 1. The van der Waals surface area contributed by atoms with Gasteiger partial charge in [0.1, 0.15) is 5.82 Å². The lowest BCUT2D eigenvalue weighted by atomic mass is 10.1. The maximum atomic E-state index is 12.3. The van der Waals surface area contributed by atoms with Crippen molar-refractivity contribution < 1.29 is 14.3 Å². The lowest BCUT2D eigenvalue weighted by Crippen LogP contribution is -2.17. The third-order valence-corrected chi connectivity index (χ3v) is 3.78. The molecule has 2 aromatic rings. The number of fused-ring (bicyclic) bond motifs is 1. The summed E-state index contributed by atoms with van der Waals surface area (Å²) in [6.07, 6.45) is 1.13. The van der Waals surface area contributed by atoms with Crippen molar-refractivity contribution in [2.75, 3.05) is 12.1 Å². The van der Waals surface area contributed by atoms with E-state index >= 15 is 0 Å². The Balaban J connectivity index is 1.72. The summed E-state index contributed by atoms with van der Waals surface area (Å²) in [4.78, 5) is 12.3. The predicted octanol–water partition coefficient (Wildman–Crippen LogP) is 2.20. The number of aromatic nitrogens is 2. The Kier molecular flexibility index (Phi) is 3.75. The topological polar surface area (TPSA) is 65.4 Å². The van der Waals surface area contributed by atoms with Crippen molar-refractivity contribution >= 4 is 11.7 Å². The van der Waals surface area contributed by atoms with Crippen LogP contribution >= 0.6 is 0 Å². The van der Waals surface area contributed by atoms with Crippen LogP contribution in [0.2, 0.25) is 0 Å². The van der Waals surface area contributed by atoms with Crippen LogP contribution in [0.3, 0.4) is 0 Å². The van der Waals surface area contributed by atoms with Crippen LogP contribution in [-0.4, -0.2) is 22.5 Å². The monoisotopic (exact) mass is 301 g/mol.